The molecule has 1 fully saturated rings. The summed E-state index contributed by atoms with van der Waals surface area (Å²) in [6.07, 6.45) is -3.27. The van der Waals surface area contributed by atoms with Gasteiger partial charge in [-0.15, -0.1) is 0 Å². The van der Waals surface area contributed by atoms with Gasteiger partial charge >= 0.3 is 6.18 Å². The van der Waals surface area contributed by atoms with Crippen LogP contribution in [0.25, 0.3) is 0 Å². The molecule has 4 aromatic rings. The van der Waals surface area contributed by atoms with E-state index in [9.17, 15) is 18.0 Å². The molecule has 1 aliphatic rings. The van der Waals surface area contributed by atoms with Crippen molar-refractivity contribution in [1.82, 2.24) is 9.97 Å². The van der Waals surface area contributed by atoms with Crippen molar-refractivity contribution in [2.45, 2.75) is 6.18 Å². The summed E-state index contributed by atoms with van der Waals surface area (Å²) in [6.45, 7) is 2.99. The molecular weight excluding hydrogens is 539 g/mol. The van der Waals surface area contributed by atoms with Crippen LogP contribution in [0.15, 0.2) is 79.0 Å². The fourth-order valence-electron chi connectivity index (χ4n) is 4.08. The maximum Gasteiger partial charge on any atom is 0.416 e. The second-order valence-corrected chi connectivity index (χ2v) is 8.99. The molecule has 2 heterocycles. The van der Waals surface area contributed by atoms with Crippen molar-refractivity contribution in [3.63, 3.8) is 0 Å². The Hall–Kier alpha value is -4.84. The number of rotatable bonds is 8. The maximum atomic E-state index is 13.2. The van der Waals surface area contributed by atoms with Gasteiger partial charge in [0.15, 0.2) is 0 Å². The minimum absolute atomic E-state index is 0.0158. The summed E-state index contributed by atoms with van der Waals surface area (Å²) in [5, 5.41) is 5.67. The Balaban J connectivity index is 1.38. The molecule has 9 nitrogen and oxygen atoms in total. The number of benzene rings is 3. The molecule has 212 valence electrons. The Labute approximate surface area is 233 Å². The second kappa shape index (κ2) is 12.1. The Kier molecular flexibility index (Phi) is 8.20. The van der Waals surface area contributed by atoms with Crippen molar-refractivity contribution in [3.05, 3.63) is 90.1 Å². The van der Waals surface area contributed by atoms with Gasteiger partial charge < -0.3 is 29.7 Å². The topological polar surface area (TPSA) is 97.8 Å². The number of nitrogens with one attached hydrogen (secondary N) is 2. The van der Waals surface area contributed by atoms with Crippen LogP contribution >= 0.6 is 0 Å². The first-order chi connectivity index (χ1) is 19.8. The van der Waals surface area contributed by atoms with Crippen LogP contribution in [0.2, 0.25) is 0 Å². The lowest BCUT2D eigenvalue weighted by Gasteiger charge is -2.28. The molecule has 12 heteroatoms. The van der Waals surface area contributed by atoms with Crippen LogP contribution in [-0.4, -0.2) is 49.3 Å². The first-order valence-electron chi connectivity index (χ1n) is 12.7. The third-order valence-electron chi connectivity index (χ3n) is 6.23. The standard InChI is InChI=1S/C29H26F3N5O4/c1-39-23-9-11-24(12-10-23)41-27-25(35-26(38)19-3-2-4-20(17-19)29(30,31)32)18-33-28(36-27)34-21-5-7-22(8-6-21)37-13-15-40-16-14-37/h2-12,17-18H,13-16H2,1H3,(H,35,38)(H,33,34,36). The van der Waals surface area contributed by atoms with Crippen LogP contribution in [0.5, 0.6) is 17.4 Å². The fourth-order valence-corrected chi connectivity index (χ4v) is 4.08. The van der Waals surface area contributed by atoms with Crippen LogP contribution in [-0.2, 0) is 10.9 Å². The first kappa shape index (κ1) is 27.7. The monoisotopic (exact) mass is 565 g/mol. The van der Waals surface area contributed by atoms with Crippen LogP contribution < -0.4 is 25.0 Å². The number of alkyl halides is 3. The molecule has 2 N–H and O–H groups in total. The molecule has 1 aromatic heterocycles. The zero-order valence-electron chi connectivity index (χ0n) is 21.9. The van der Waals surface area contributed by atoms with E-state index in [1.54, 1.807) is 24.3 Å². The SMILES string of the molecule is COc1ccc(Oc2nc(Nc3ccc(N4CCOCC4)cc3)ncc2NC(=O)c2cccc(C(F)(F)F)c2)cc1. The average molecular weight is 566 g/mol. The van der Waals surface area contributed by atoms with E-state index in [1.165, 1.54) is 25.4 Å². The zero-order valence-corrected chi connectivity index (χ0v) is 21.9. The van der Waals surface area contributed by atoms with Crippen LogP contribution in [0.3, 0.4) is 0 Å². The summed E-state index contributed by atoms with van der Waals surface area (Å²) >= 11 is 0. The van der Waals surface area contributed by atoms with Gasteiger partial charge in [-0.1, -0.05) is 6.07 Å². The normalized spacial score (nSPS) is 13.4. The molecule has 0 spiro atoms. The summed E-state index contributed by atoms with van der Waals surface area (Å²) in [6, 6.07) is 18.5. The molecule has 41 heavy (non-hydrogen) atoms. The number of halogens is 3. The van der Waals surface area contributed by atoms with E-state index in [4.69, 9.17) is 14.2 Å². The Bertz CT molecular complexity index is 1490. The first-order valence-corrected chi connectivity index (χ1v) is 12.7. The number of amides is 1. The molecule has 0 unspecified atom stereocenters. The predicted octanol–water partition coefficient (Wildman–Crippen LogP) is 6.13. The van der Waals surface area contributed by atoms with Crippen LogP contribution in [0.4, 0.5) is 36.2 Å². The van der Waals surface area contributed by atoms with Gasteiger partial charge in [-0.3, -0.25) is 4.79 Å². The van der Waals surface area contributed by atoms with Crippen molar-refractivity contribution >= 4 is 28.9 Å². The van der Waals surface area contributed by atoms with E-state index in [1.807, 2.05) is 24.3 Å². The van der Waals surface area contributed by atoms with E-state index in [-0.39, 0.29) is 23.1 Å². The fraction of sp³-hybridized carbons (Fsp3) is 0.207. The lowest BCUT2D eigenvalue weighted by Crippen LogP contribution is -2.36. The quantitative estimate of drug-likeness (QED) is 0.263. The van der Waals surface area contributed by atoms with Gasteiger partial charge in [0, 0.05) is 30.0 Å². The summed E-state index contributed by atoms with van der Waals surface area (Å²) in [7, 11) is 1.53. The molecule has 1 aliphatic heterocycles. The van der Waals surface area contributed by atoms with E-state index in [2.05, 4.69) is 25.5 Å². The summed E-state index contributed by atoms with van der Waals surface area (Å²) in [4.78, 5) is 23.8. The van der Waals surface area contributed by atoms with Gasteiger partial charge in [-0.2, -0.15) is 18.2 Å². The van der Waals surface area contributed by atoms with E-state index in [0.717, 1.165) is 36.6 Å². The summed E-state index contributed by atoms with van der Waals surface area (Å²) in [5.41, 5.74) is 0.735. The lowest BCUT2D eigenvalue weighted by atomic mass is 10.1. The van der Waals surface area contributed by atoms with E-state index < -0.39 is 17.6 Å². The highest BCUT2D eigenvalue weighted by molar-refractivity contribution is 6.05. The highest BCUT2D eigenvalue weighted by atomic mass is 19.4. The highest BCUT2D eigenvalue weighted by Crippen LogP contribution is 2.32. The summed E-state index contributed by atoms with van der Waals surface area (Å²) in [5.74, 6) is 0.391. The van der Waals surface area contributed by atoms with Crippen molar-refractivity contribution in [2.75, 3.05) is 48.9 Å². The van der Waals surface area contributed by atoms with Crippen molar-refractivity contribution in [2.24, 2.45) is 0 Å². The maximum absolute atomic E-state index is 13.2. The molecule has 0 radical (unpaired) electrons. The molecular formula is C29H26F3N5O4. The smallest absolute Gasteiger partial charge is 0.416 e. The van der Waals surface area contributed by atoms with Crippen molar-refractivity contribution in [3.8, 4) is 17.4 Å². The van der Waals surface area contributed by atoms with Gasteiger partial charge in [0.1, 0.15) is 17.2 Å². The highest BCUT2D eigenvalue weighted by Gasteiger charge is 2.31. The number of anilines is 4. The Morgan fingerprint density at radius 2 is 1.68 bits per heavy atom. The third kappa shape index (κ3) is 7.03. The molecule has 0 aliphatic carbocycles. The van der Waals surface area contributed by atoms with Crippen LogP contribution in [0.1, 0.15) is 15.9 Å². The van der Waals surface area contributed by atoms with Gasteiger partial charge in [0.2, 0.25) is 11.8 Å². The average Bonchev–Trinajstić information content (AvgIpc) is 2.99. The number of methoxy groups -OCH3 is 1. The number of morpholine rings is 1. The molecule has 0 atom stereocenters. The number of carbonyl (C=O) groups is 1. The minimum Gasteiger partial charge on any atom is -0.497 e. The van der Waals surface area contributed by atoms with E-state index in [0.29, 0.717) is 24.7 Å². The lowest BCUT2D eigenvalue weighted by molar-refractivity contribution is -0.137. The second-order valence-electron chi connectivity index (χ2n) is 8.99. The predicted molar refractivity (Wildman–Crippen MR) is 147 cm³/mol. The number of nitrogens with zero attached hydrogens (tertiary/aromatic N) is 3. The number of ether oxygens (including phenoxy) is 3. The summed E-state index contributed by atoms with van der Waals surface area (Å²) < 4.78 is 56.0. The largest absolute Gasteiger partial charge is 0.497 e. The van der Waals surface area contributed by atoms with Gasteiger partial charge in [0.25, 0.3) is 5.91 Å². The van der Waals surface area contributed by atoms with Gasteiger partial charge in [-0.25, -0.2) is 4.98 Å². The Morgan fingerprint density at radius 1 is 0.976 bits per heavy atom. The molecule has 3 aromatic carbocycles. The minimum atomic E-state index is -4.59. The zero-order chi connectivity index (χ0) is 28.8. The third-order valence-corrected chi connectivity index (χ3v) is 6.23. The number of hydrogen-bond acceptors (Lipinski definition) is 8. The van der Waals surface area contributed by atoms with Gasteiger partial charge in [-0.05, 0) is 66.7 Å². The molecule has 1 amide bonds. The molecule has 0 saturated carbocycles. The number of hydrogen-bond donors (Lipinski definition) is 2. The number of carbonyl (C=O) groups excluding carboxylic acids is 1. The molecule has 0 bridgehead atoms. The number of aromatic nitrogens is 2. The molecule has 1 saturated heterocycles. The Morgan fingerprint density at radius 3 is 2.37 bits per heavy atom. The molecule has 5 rings (SSSR count). The van der Waals surface area contributed by atoms with Crippen molar-refractivity contribution < 1.29 is 32.2 Å². The van der Waals surface area contributed by atoms with Gasteiger partial charge in [0.05, 0.1) is 32.1 Å². The van der Waals surface area contributed by atoms with Crippen molar-refractivity contribution in [1.29, 1.82) is 0 Å². The van der Waals surface area contributed by atoms with Crippen LogP contribution in [0, 0.1) is 0 Å². The van der Waals surface area contributed by atoms with E-state index >= 15 is 0 Å².